The maximum Gasteiger partial charge on any atom is 0.311 e. The molecule has 7 heteroatoms. The molecule has 7 nitrogen and oxygen atoms in total. The predicted octanol–water partition coefficient (Wildman–Crippen LogP) is 1.10. The first kappa shape index (κ1) is 10.6. The van der Waals surface area contributed by atoms with Gasteiger partial charge in [-0.25, -0.2) is 10.8 Å². The van der Waals surface area contributed by atoms with Gasteiger partial charge in [-0.05, 0) is 24.8 Å². The SMILES string of the molecule is NNc1ccc([N+](=O)[O-])c(NCC2CC2)n1. The minimum Gasteiger partial charge on any atom is -0.364 e. The van der Waals surface area contributed by atoms with Gasteiger partial charge in [0.25, 0.3) is 0 Å². The number of nitrogens with two attached hydrogens (primary N) is 1. The summed E-state index contributed by atoms with van der Waals surface area (Å²) in [6, 6.07) is 2.86. The van der Waals surface area contributed by atoms with E-state index in [0.29, 0.717) is 11.7 Å². The van der Waals surface area contributed by atoms with E-state index >= 15 is 0 Å². The fourth-order valence-corrected chi connectivity index (χ4v) is 1.37. The van der Waals surface area contributed by atoms with Crippen molar-refractivity contribution >= 4 is 17.3 Å². The maximum absolute atomic E-state index is 10.8. The smallest absolute Gasteiger partial charge is 0.311 e. The van der Waals surface area contributed by atoms with Gasteiger partial charge in [-0.1, -0.05) is 0 Å². The summed E-state index contributed by atoms with van der Waals surface area (Å²) in [6.07, 6.45) is 2.35. The van der Waals surface area contributed by atoms with Crippen molar-refractivity contribution in [3.8, 4) is 0 Å². The zero-order valence-electron chi connectivity index (χ0n) is 8.64. The molecule has 1 aromatic heterocycles. The van der Waals surface area contributed by atoms with E-state index in [1.54, 1.807) is 0 Å². The molecule has 0 spiro atoms. The average molecular weight is 223 g/mol. The molecule has 1 aliphatic carbocycles. The van der Waals surface area contributed by atoms with Gasteiger partial charge in [-0.15, -0.1) is 0 Å². The van der Waals surface area contributed by atoms with Gasteiger partial charge >= 0.3 is 5.69 Å². The highest BCUT2D eigenvalue weighted by Gasteiger charge is 2.23. The van der Waals surface area contributed by atoms with Crippen LogP contribution >= 0.6 is 0 Å². The zero-order valence-corrected chi connectivity index (χ0v) is 8.64. The third kappa shape index (κ3) is 2.37. The Balaban J connectivity index is 2.18. The lowest BCUT2D eigenvalue weighted by Crippen LogP contribution is -2.12. The molecule has 1 aromatic rings. The fraction of sp³-hybridized carbons (Fsp3) is 0.444. The van der Waals surface area contributed by atoms with Gasteiger partial charge in [0.05, 0.1) is 4.92 Å². The number of hydrogen-bond acceptors (Lipinski definition) is 6. The number of nitrogens with one attached hydrogen (secondary N) is 2. The van der Waals surface area contributed by atoms with E-state index in [1.165, 1.54) is 25.0 Å². The quantitative estimate of drug-likeness (QED) is 0.392. The van der Waals surface area contributed by atoms with Gasteiger partial charge < -0.3 is 10.7 Å². The Morgan fingerprint density at radius 1 is 1.56 bits per heavy atom. The molecule has 0 radical (unpaired) electrons. The van der Waals surface area contributed by atoms with E-state index < -0.39 is 4.92 Å². The van der Waals surface area contributed by atoms with Crippen LogP contribution in [0.3, 0.4) is 0 Å². The Labute approximate surface area is 92.2 Å². The monoisotopic (exact) mass is 223 g/mol. The van der Waals surface area contributed by atoms with E-state index in [-0.39, 0.29) is 11.5 Å². The highest BCUT2D eigenvalue weighted by molar-refractivity contribution is 5.60. The van der Waals surface area contributed by atoms with Gasteiger partial charge in [-0.3, -0.25) is 10.1 Å². The second kappa shape index (κ2) is 4.31. The number of hydrazine groups is 1. The molecule has 1 fully saturated rings. The number of pyridine rings is 1. The molecule has 0 aliphatic heterocycles. The third-order valence-electron chi connectivity index (χ3n) is 2.47. The molecular formula is C9H13N5O2. The number of anilines is 2. The Kier molecular flexibility index (Phi) is 2.86. The lowest BCUT2D eigenvalue weighted by Gasteiger charge is -2.06. The molecule has 1 saturated carbocycles. The molecule has 0 unspecified atom stereocenters. The molecule has 2 rings (SSSR count). The highest BCUT2D eigenvalue weighted by atomic mass is 16.6. The van der Waals surface area contributed by atoms with Crippen LogP contribution in [0.2, 0.25) is 0 Å². The van der Waals surface area contributed by atoms with Crippen LogP contribution < -0.4 is 16.6 Å². The van der Waals surface area contributed by atoms with Crippen molar-refractivity contribution < 1.29 is 4.92 Å². The number of aromatic nitrogens is 1. The topological polar surface area (TPSA) is 106 Å². The highest BCUT2D eigenvalue weighted by Crippen LogP contribution is 2.30. The Hall–Kier alpha value is -1.89. The van der Waals surface area contributed by atoms with Crippen molar-refractivity contribution in [2.75, 3.05) is 17.3 Å². The lowest BCUT2D eigenvalue weighted by molar-refractivity contribution is -0.384. The summed E-state index contributed by atoms with van der Waals surface area (Å²) in [5.41, 5.74) is 2.33. The lowest BCUT2D eigenvalue weighted by atomic mass is 10.3. The van der Waals surface area contributed by atoms with Crippen molar-refractivity contribution in [1.82, 2.24) is 4.98 Å². The largest absolute Gasteiger partial charge is 0.364 e. The summed E-state index contributed by atoms with van der Waals surface area (Å²) < 4.78 is 0. The number of rotatable bonds is 5. The van der Waals surface area contributed by atoms with Crippen LogP contribution in [0.15, 0.2) is 12.1 Å². The number of nitro groups is 1. The second-order valence-electron chi connectivity index (χ2n) is 3.79. The van der Waals surface area contributed by atoms with E-state index in [2.05, 4.69) is 15.7 Å². The van der Waals surface area contributed by atoms with Crippen LogP contribution in [-0.4, -0.2) is 16.5 Å². The predicted molar refractivity (Wildman–Crippen MR) is 59.9 cm³/mol. The van der Waals surface area contributed by atoms with Crippen LogP contribution in [0.5, 0.6) is 0 Å². The van der Waals surface area contributed by atoms with Crippen molar-refractivity contribution in [3.63, 3.8) is 0 Å². The molecule has 1 aliphatic rings. The van der Waals surface area contributed by atoms with Crippen molar-refractivity contribution in [1.29, 1.82) is 0 Å². The van der Waals surface area contributed by atoms with Gasteiger partial charge in [0, 0.05) is 12.6 Å². The number of hydrogen-bond donors (Lipinski definition) is 3. The average Bonchev–Trinajstić information content (AvgIpc) is 3.09. The summed E-state index contributed by atoms with van der Waals surface area (Å²) in [7, 11) is 0. The summed E-state index contributed by atoms with van der Waals surface area (Å²) in [6.45, 7) is 0.724. The molecule has 0 saturated heterocycles. The number of nitrogens with zero attached hydrogens (tertiary/aromatic N) is 2. The van der Waals surface area contributed by atoms with Crippen LogP contribution in [-0.2, 0) is 0 Å². The van der Waals surface area contributed by atoms with E-state index in [9.17, 15) is 10.1 Å². The molecular weight excluding hydrogens is 210 g/mol. The third-order valence-corrected chi connectivity index (χ3v) is 2.47. The zero-order chi connectivity index (χ0) is 11.5. The Morgan fingerprint density at radius 2 is 2.31 bits per heavy atom. The van der Waals surface area contributed by atoms with Gasteiger partial charge in [0.1, 0.15) is 5.82 Å². The van der Waals surface area contributed by atoms with Crippen molar-refractivity contribution in [3.05, 3.63) is 22.2 Å². The van der Waals surface area contributed by atoms with Crippen LogP contribution in [0, 0.1) is 16.0 Å². The summed E-state index contributed by atoms with van der Waals surface area (Å²) >= 11 is 0. The molecule has 0 bridgehead atoms. The van der Waals surface area contributed by atoms with Gasteiger partial charge in [-0.2, -0.15) is 0 Å². The molecule has 0 amide bonds. The van der Waals surface area contributed by atoms with Crippen LogP contribution in [0.1, 0.15) is 12.8 Å². The first-order valence-electron chi connectivity index (χ1n) is 5.06. The molecule has 0 aromatic carbocycles. The van der Waals surface area contributed by atoms with Crippen molar-refractivity contribution in [2.45, 2.75) is 12.8 Å². The van der Waals surface area contributed by atoms with Crippen LogP contribution in [0.25, 0.3) is 0 Å². The summed E-state index contributed by atoms with van der Waals surface area (Å²) in [5, 5.41) is 13.7. The molecule has 1 heterocycles. The Bertz CT molecular complexity index is 405. The molecule has 0 atom stereocenters. The van der Waals surface area contributed by atoms with E-state index in [0.717, 1.165) is 6.54 Å². The summed E-state index contributed by atoms with van der Waals surface area (Å²) in [5.74, 6) is 6.50. The van der Waals surface area contributed by atoms with Crippen LogP contribution in [0.4, 0.5) is 17.3 Å². The minimum atomic E-state index is -0.456. The van der Waals surface area contributed by atoms with Gasteiger partial charge in [0.15, 0.2) is 0 Å². The second-order valence-corrected chi connectivity index (χ2v) is 3.79. The standard InChI is InChI=1S/C9H13N5O2/c10-13-8-4-3-7(14(15)16)9(12-8)11-5-6-1-2-6/h3-4,6H,1-2,5,10H2,(H2,11,12,13). The molecule has 16 heavy (non-hydrogen) atoms. The molecule has 86 valence electrons. The fourth-order valence-electron chi connectivity index (χ4n) is 1.37. The number of nitrogen functional groups attached to an aromatic ring is 1. The minimum absolute atomic E-state index is 0.0281. The first-order chi connectivity index (χ1) is 7.70. The maximum atomic E-state index is 10.8. The Morgan fingerprint density at radius 3 is 2.88 bits per heavy atom. The van der Waals surface area contributed by atoms with Gasteiger partial charge in [0.2, 0.25) is 5.82 Å². The van der Waals surface area contributed by atoms with Crippen molar-refractivity contribution in [2.24, 2.45) is 11.8 Å². The molecule has 4 N–H and O–H groups in total. The van der Waals surface area contributed by atoms with E-state index in [4.69, 9.17) is 5.84 Å². The summed E-state index contributed by atoms with van der Waals surface area (Å²) in [4.78, 5) is 14.3. The normalized spacial score (nSPS) is 14.6. The van der Waals surface area contributed by atoms with E-state index in [1.807, 2.05) is 0 Å². The first-order valence-corrected chi connectivity index (χ1v) is 5.06.